The van der Waals surface area contributed by atoms with Crippen LogP contribution in [-0.2, 0) is 28.4 Å². The van der Waals surface area contributed by atoms with Crippen molar-refractivity contribution in [1.29, 1.82) is 0 Å². The van der Waals surface area contributed by atoms with Crippen LogP contribution in [0, 0.1) is 0 Å². The van der Waals surface area contributed by atoms with Crippen LogP contribution in [0.1, 0.15) is 25.0 Å². The van der Waals surface area contributed by atoms with Gasteiger partial charge < -0.3 is 28.4 Å². The summed E-state index contributed by atoms with van der Waals surface area (Å²) in [5.41, 5.74) is 3.90. The number of hydrogen-bond acceptors (Lipinski definition) is 6. The van der Waals surface area contributed by atoms with Crippen molar-refractivity contribution in [1.82, 2.24) is 0 Å². The van der Waals surface area contributed by atoms with Crippen LogP contribution in [0.5, 0.6) is 0 Å². The van der Waals surface area contributed by atoms with Gasteiger partial charge in [-0.25, -0.2) is 0 Å². The predicted molar refractivity (Wildman–Crippen MR) is 121 cm³/mol. The van der Waals surface area contributed by atoms with Crippen molar-refractivity contribution < 1.29 is 28.4 Å². The van der Waals surface area contributed by atoms with Gasteiger partial charge in [0.05, 0.1) is 66.1 Å². The second kappa shape index (κ2) is 18.2. The number of ether oxygens (including phenoxy) is 6. The van der Waals surface area contributed by atoms with E-state index >= 15 is 0 Å². The molecular weight excluding hydrogens is 384 g/mol. The van der Waals surface area contributed by atoms with Crippen molar-refractivity contribution in [3.63, 3.8) is 0 Å². The van der Waals surface area contributed by atoms with Gasteiger partial charge >= 0.3 is 0 Å². The zero-order valence-corrected chi connectivity index (χ0v) is 18.7. The maximum absolute atomic E-state index is 5.65. The van der Waals surface area contributed by atoms with Crippen LogP contribution in [0.4, 0.5) is 0 Å². The maximum atomic E-state index is 5.65. The fraction of sp³-hybridized carbons (Fsp3) is 0.583. The zero-order valence-electron chi connectivity index (χ0n) is 18.7. The van der Waals surface area contributed by atoms with Crippen LogP contribution in [-0.4, -0.2) is 79.3 Å². The number of rotatable bonds is 20. The lowest BCUT2D eigenvalue weighted by molar-refractivity contribution is 0.0231. The Balaban J connectivity index is 2.22. The second-order valence-electron chi connectivity index (χ2n) is 6.51. The third kappa shape index (κ3) is 12.9. The molecule has 1 aromatic rings. The summed E-state index contributed by atoms with van der Waals surface area (Å²) in [7, 11) is 0. The summed E-state index contributed by atoms with van der Waals surface area (Å²) in [6, 6.07) is 8.10. The van der Waals surface area contributed by atoms with E-state index in [1.807, 2.05) is 32.0 Å². The van der Waals surface area contributed by atoms with E-state index in [1.54, 1.807) is 0 Å². The topological polar surface area (TPSA) is 55.4 Å². The van der Waals surface area contributed by atoms with E-state index in [0.717, 1.165) is 22.3 Å². The molecule has 0 heterocycles. The summed E-state index contributed by atoms with van der Waals surface area (Å²) in [6.45, 7) is 19.1. The first-order valence-electron chi connectivity index (χ1n) is 10.6. The largest absolute Gasteiger partial charge is 0.379 e. The highest BCUT2D eigenvalue weighted by molar-refractivity contribution is 5.71. The summed E-state index contributed by atoms with van der Waals surface area (Å²) in [4.78, 5) is 0. The average molecular weight is 423 g/mol. The van der Waals surface area contributed by atoms with Gasteiger partial charge in [0.15, 0.2) is 0 Å². The molecule has 0 N–H and O–H groups in total. The molecule has 30 heavy (non-hydrogen) atoms. The molecule has 0 atom stereocenters. The molecular formula is C24H38O6. The highest BCUT2D eigenvalue weighted by Gasteiger charge is 2.04. The highest BCUT2D eigenvalue weighted by Crippen LogP contribution is 2.19. The van der Waals surface area contributed by atoms with Crippen molar-refractivity contribution in [2.45, 2.75) is 13.8 Å². The van der Waals surface area contributed by atoms with Gasteiger partial charge in [-0.3, -0.25) is 0 Å². The number of benzene rings is 1. The summed E-state index contributed by atoms with van der Waals surface area (Å²) in [5, 5.41) is 0. The molecule has 170 valence electrons. The van der Waals surface area contributed by atoms with Gasteiger partial charge in [0.1, 0.15) is 0 Å². The Labute approximate surface area is 181 Å². The first kappa shape index (κ1) is 26.5. The molecule has 0 aromatic heterocycles. The van der Waals surface area contributed by atoms with Crippen LogP contribution in [0.15, 0.2) is 37.4 Å². The van der Waals surface area contributed by atoms with E-state index < -0.39 is 0 Å². The molecule has 6 nitrogen and oxygen atoms in total. The van der Waals surface area contributed by atoms with Crippen LogP contribution >= 0.6 is 0 Å². The molecule has 0 fully saturated rings. The van der Waals surface area contributed by atoms with Crippen molar-refractivity contribution in [2.75, 3.05) is 79.3 Å². The highest BCUT2D eigenvalue weighted by atomic mass is 16.5. The monoisotopic (exact) mass is 422 g/mol. The fourth-order valence-electron chi connectivity index (χ4n) is 2.48. The van der Waals surface area contributed by atoms with Crippen molar-refractivity contribution >= 4 is 11.1 Å². The van der Waals surface area contributed by atoms with E-state index in [9.17, 15) is 0 Å². The molecule has 1 rings (SSSR count). The fourth-order valence-corrected chi connectivity index (χ4v) is 2.48. The van der Waals surface area contributed by atoms with Gasteiger partial charge in [-0.05, 0) is 42.2 Å². The molecule has 0 saturated carbocycles. The third-order valence-corrected chi connectivity index (χ3v) is 4.13. The van der Waals surface area contributed by atoms with Crippen LogP contribution < -0.4 is 0 Å². The van der Waals surface area contributed by atoms with Gasteiger partial charge in [-0.2, -0.15) is 0 Å². The lowest BCUT2D eigenvalue weighted by Crippen LogP contribution is -2.10. The van der Waals surface area contributed by atoms with E-state index in [1.165, 1.54) is 0 Å². The molecule has 0 spiro atoms. The van der Waals surface area contributed by atoms with Crippen LogP contribution in [0.3, 0.4) is 0 Å². The zero-order chi connectivity index (χ0) is 21.9. The van der Waals surface area contributed by atoms with Gasteiger partial charge in [0.2, 0.25) is 0 Å². The molecule has 6 heteroatoms. The van der Waals surface area contributed by atoms with E-state index in [-0.39, 0.29) is 0 Å². The lowest BCUT2D eigenvalue weighted by Gasteiger charge is -2.12. The first-order valence-corrected chi connectivity index (χ1v) is 10.6. The number of hydrogen-bond donors (Lipinski definition) is 0. The quantitative estimate of drug-likeness (QED) is 0.298. The molecule has 0 unspecified atom stereocenters. The minimum atomic E-state index is 0.459. The summed E-state index contributed by atoms with van der Waals surface area (Å²) in [6.07, 6.45) is 0. The molecule has 0 amide bonds. The van der Waals surface area contributed by atoms with Crippen molar-refractivity contribution in [2.24, 2.45) is 0 Å². The maximum Gasteiger partial charge on any atom is 0.0718 e. The molecule has 1 aromatic carbocycles. The molecule has 0 saturated heterocycles. The van der Waals surface area contributed by atoms with Gasteiger partial charge in [-0.15, -0.1) is 0 Å². The lowest BCUT2D eigenvalue weighted by atomic mass is 10.0. The summed E-state index contributed by atoms with van der Waals surface area (Å²) < 4.78 is 32.6. The van der Waals surface area contributed by atoms with Crippen molar-refractivity contribution in [3.05, 3.63) is 48.6 Å². The van der Waals surface area contributed by atoms with Gasteiger partial charge in [-0.1, -0.05) is 31.4 Å². The Morgan fingerprint density at radius 3 is 1.37 bits per heavy atom. The van der Waals surface area contributed by atoms with Crippen LogP contribution in [0.2, 0.25) is 0 Å². The SMILES string of the molecule is C=C(COCCOCCOCC)c1cccc(C(=C)COCCOCCOCC)c1. The molecule has 0 radical (unpaired) electrons. The Hall–Kier alpha value is -1.54. The van der Waals surface area contributed by atoms with E-state index in [0.29, 0.717) is 79.3 Å². The Bertz CT molecular complexity index is 540. The third-order valence-electron chi connectivity index (χ3n) is 4.13. The standard InChI is InChI=1S/C24H38O6/c1-5-25-10-12-27-14-16-29-19-21(3)23-8-7-9-24(18-23)22(4)20-30-17-15-28-13-11-26-6-2/h7-9,18H,3-6,10-17,19-20H2,1-2H3. The summed E-state index contributed by atoms with van der Waals surface area (Å²) in [5.74, 6) is 0. The van der Waals surface area contributed by atoms with Crippen molar-refractivity contribution in [3.8, 4) is 0 Å². The Morgan fingerprint density at radius 1 is 0.600 bits per heavy atom. The Kier molecular flexibility index (Phi) is 16.1. The molecule has 0 aliphatic carbocycles. The minimum absolute atomic E-state index is 0.459. The van der Waals surface area contributed by atoms with Crippen LogP contribution in [0.25, 0.3) is 11.1 Å². The van der Waals surface area contributed by atoms with Gasteiger partial charge in [0.25, 0.3) is 0 Å². The average Bonchev–Trinajstić information content (AvgIpc) is 2.77. The predicted octanol–water partition coefficient (Wildman–Crippen LogP) is 3.85. The van der Waals surface area contributed by atoms with Gasteiger partial charge in [0, 0.05) is 13.2 Å². The van der Waals surface area contributed by atoms with E-state index in [2.05, 4.69) is 19.2 Å². The minimum Gasteiger partial charge on any atom is -0.379 e. The van der Waals surface area contributed by atoms with E-state index in [4.69, 9.17) is 28.4 Å². The first-order chi connectivity index (χ1) is 14.7. The molecule has 0 bridgehead atoms. The Morgan fingerprint density at radius 2 is 0.967 bits per heavy atom. The smallest absolute Gasteiger partial charge is 0.0718 e. The molecule has 0 aliphatic heterocycles. The normalized spacial score (nSPS) is 11.0. The molecule has 0 aliphatic rings. The summed E-state index contributed by atoms with van der Waals surface area (Å²) >= 11 is 0. The second-order valence-corrected chi connectivity index (χ2v) is 6.51.